The molecule has 5 nitrogen and oxygen atoms in total. The van der Waals surface area contributed by atoms with E-state index in [1.807, 2.05) is 0 Å². The van der Waals surface area contributed by atoms with Gasteiger partial charge >= 0.3 is 0 Å². The van der Waals surface area contributed by atoms with E-state index >= 15 is 0 Å². The number of rotatable bonds is 5. The summed E-state index contributed by atoms with van der Waals surface area (Å²) in [5.74, 6) is -0.380. The Morgan fingerprint density at radius 3 is 2.41 bits per heavy atom. The lowest BCUT2D eigenvalue weighted by atomic mass is 9.89. The van der Waals surface area contributed by atoms with Crippen LogP contribution in [0.2, 0.25) is 10.0 Å². The van der Waals surface area contributed by atoms with Crippen LogP contribution in [0, 0.1) is 6.92 Å². The van der Waals surface area contributed by atoms with E-state index in [1.165, 1.54) is 11.0 Å². The maximum Gasteiger partial charge on any atom is 0.264 e. The van der Waals surface area contributed by atoms with Gasteiger partial charge in [0.1, 0.15) is 5.76 Å². The van der Waals surface area contributed by atoms with Crippen molar-refractivity contribution in [2.24, 2.45) is 0 Å². The fourth-order valence-corrected chi connectivity index (χ4v) is 4.10. The number of aryl methyl sites for hydroxylation is 1. The number of hydrogen-bond acceptors (Lipinski definition) is 4. The van der Waals surface area contributed by atoms with Crippen LogP contribution in [0.1, 0.15) is 33.9 Å². The quantitative estimate of drug-likeness (QED) is 0.585. The lowest BCUT2D eigenvalue weighted by molar-refractivity contribution is -0.136. The molecule has 1 aromatic heterocycles. The first kappa shape index (κ1) is 19.7. The van der Waals surface area contributed by atoms with Crippen LogP contribution >= 0.6 is 23.2 Å². The van der Waals surface area contributed by atoms with Crippen molar-refractivity contribution in [1.29, 1.82) is 0 Å². The van der Waals surface area contributed by atoms with Crippen LogP contribution in [0.4, 0.5) is 5.69 Å². The number of aliphatic hydroxyl groups is 1. The van der Waals surface area contributed by atoms with Crippen LogP contribution in [-0.2, 0) is 16.9 Å². The second-order valence-electron chi connectivity index (χ2n) is 6.98. The molecule has 3 aromatic rings. The van der Waals surface area contributed by atoms with Crippen molar-refractivity contribution in [3.8, 4) is 0 Å². The molecule has 29 heavy (non-hydrogen) atoms. The molecule has 0 spiro atoms. The van der Waals surface area contributed by atoms with Crippen molar-refractivity contribution < 1.29 is 19.1 Å². The third-order valence-electron chi connectivity index (χ3n) is 5.05. The minimum atomic E-state index is -2.00. The van der Waals surface area contributed by atoms with Crippen molar-refractivity contribution in [2.75, 3.05) is 4.90 Å². The van der Waals surface area contributed by atoms with Crippen LogP contribution < -0.4 is 4.90 Å². The summed E-state index contributed by atoms with van der Waals surface area (Å²) in [6, 6.07) is 15.1. The normalized spacial score (nSPS) is 18.2. The standard InChI is InChI=1S/C22H17Cl2NO4/c1-13-9-10-20(29-13)19(26)11-22(28)15-5-2-3-8-18(15)25(21(22)27)12-14-16(23)6-4-7-17(14)24/h2-10,28H,11-12H2,1H3. The van der Waals surface area contributed by atoms with E-state index in [0.29, 0.717) is 32.6 Å². The molecule has 1 atom stereocenters. The fraction of sp³-hybridized carbons (Fsp3) is 0.182. The highest BCUT2D eigenvalue weighted by Gasteiger charge is 2.51. The highest BCUT2D eigenvalue weighted by Crippen LogP contribution is 2.44. The molecule has 2 heterocycles. The number of fused-ring (bicyclic) bond motifs is 1. The summed E-state index contributed by atoms with van der Waals surface area (Å²) < 4.78 is 5.36. The topological polar surface area (TPSA) is 70.8 Å². The molecule has 0 saturated heterocycles. The minimum absolute atomic E-state index is 0.0741. The number of furan rings is 1. The largest absolute Gasteiger partial charge is 0.458 e. The van der Waals surface area contributed by atoms with E-state index in [4.69, 9.17) is 27.6 Å². The van der Waals surface area contributed by atoms with E-state index in [9.17, 15) is 14.7 Å². The third-order valence-corrected chi connectivity index (χ3v) is 5.76. The van der Waals surface area contributed by atoms with Gasteiger partial charge in [0.2, 0.25) is 5.78 Å². The summed E-state index contributed by atoms with van der Waals surface area (Å²) >= 11 is 12.5. The van der Waals surface area contributed by atoms with Crippen molar-refractivity contribution in [2.45, 2.75) is 25.5 Å². The van der Waals surface area contributed by atoms with Gasteiger partial charge in [-0.15, -0.1) is 0 Å². The van der Waals surface area contributed by atoms with E-state index in [-0.39, 0.29) is 12.3 Å². The van der Waals surface area contributed by atoms with Gasteiger partial charge in [-0.1, -0.05) is 47.5 Å². The Balaban J connectivity index is 1.71. The molecule has 7 heteroatoms. The molecule has 1 unspecified atom stereocenters. The average Bonchev–Trinajstić information content (AvgIpc) is 3.21. The van der Waals surface area contributed by atoms with Crippen molar-refractivity contribution in [3.63, 3.8) is 0 Å². The molecule has 0 radical (unpaired) electrons. The maximum absolute atomic E-state index is 13.3. The SMILES string of the molecule is Cc1ccc(C(=O)CC2(O)C(=O)N(Cc3c(Cl)cccc3Cl)c3ccccc32)o1. The van der Waals surface area contributed by atoms with Gasteiger partial charge in [-0.3, -0.25) is 9.59 Å². The number of carbonyl (C=O) groups excluding carboxylic acids is 2. The van der Waals surface area contributed by atoms with Gasteiger partial charge < -0.3 is 14.4 Å². The van der Waals surface area contributed by atoms with Crippen molar-refractivity contribution >= 4 is 40.6 Å². The first-order chi connectivity index (χ1) is 13.8. The third kappa shape index (κ3) is 3.35. The minimum Gasteiger partial charge on any atom is -0.458 e. The number of carbonyl (C=O) groups is 2. The van der Waals surface area contributed by atoms with Crippen LogP contribution in [0.5, 0.6) is 0 Å². The predicted molar refractivity (Wildman–Crippen MR) is 110 cm³/mol. The Labute approximate surface area is 177 Å². The van der Waals surface area contributed by atoms with Gasteiger partial charge in [-0.2, -0.15) is 0 Å². The van der Waals surface area contributed by atoms with Gasteiger partial charge in [0.25, 0.3) is 5.91 Å². The molecular formula is C22H17Cl2NO4. The molecule has 148 valence electrons. The highest BCUT2D eigenvalue weighted by atomic mass is 35.5. The molecule has 0 saturated carbocycles. The number of nitrogens with zero attached hydrogens (tertiary/aromatic N) is 1. The first-order valence-electron chi connectivity index (χ1n) is 8.97. The lowest BCUT2D eigenvalue weighted by Gasteiger charge is -2.23. The molecule has 0 fully saturated rings. The lowest BCUT2D eigenvalue weighted by Crippen LogP contribution is -2.41. The van der Waals surface area contributed by atoms with Crippen LogP contribution in [0.3, 0.4) is 0 Å². The maximum atomic E-state index is 13.3. The number of para-hydroxylation sites is 1. The van der Waals surface area contributed by atoms with Crippen LogP contribution in [-0.4, -0.2) is 16.8 Å². The fourth-order valence-electron chi connectivity index (χ4n) is 3.58. The summed E-state index contributed by atoms with van der Waals surface area (Å²) in [5, 5.41) is 12.2. The number of benzene rings is 2. The molecule has 2 aromatic carbocycles. The number of halogens is 2. The molecular weight excluding hydrogens is 413 g/mol. The summed E-state index contributed by atoms with van der Waals surface area (Å²) in [7, 11) is 0. The van der Waals surface area contributed by atoms with E-state index in [0.717, 1.165) is 0 Å². The second kappa shape index (κ2) is 7.34. The first-order valence-corrected chi connectivity index (χ1v) is 9.73. The number of ketones is 1. The molecule has 4 rings (SSSR count). The average molecular weight is 430 g/mol. The van der Waals surface area contributed by atoms with Gasteiger partial charge in [-0.05, 0) is 37.3 Å². The molecule has 1 amide bonds. The highest BCUT2D eigenvalue weighted by molar-refractivity contribution is 6.36. The van der Waals surface area contributed by atoms with Crippen molar-refractivity contribution in [3.05, 3.63) is 87.3 Å². The number of amides is 1. The zero-order valence-corrected chi connectivity index (χ0v) is 17.0. The number of Topliss-reactive ketones (excluding diaryl/α,β-unsaturated/α-hetero) is 1. The van der Waals surface area contributed by atoms with Gasteiger partial charge in [0.15, 0.2) is 11.4 Å². The number of hydrogen-bond donors (Lipinski definition) is 1. The molecule has 1 N–H and O–H groups in total. The van der Waals surface area contributed by atoms with Gasteiger partial charge in [0.05, 0.1) is 18.7 Å². The summed E-state index contributed by atoms with van der Waals surface area (Å²) in [5.41, 5.74) is -0.553. The van der Waals surface area contributed by atoms with Crippen molar-refractivity contribution in [1.82, 2.24) is 0 Å². The Hall–Kier alpha value is -2.60. The van der Waals surface area contributed by atoms with Gasteiger partial charge in [0, 0.05) is 21.2 Å². The Bertz CT molecular complexity index is 1100. The monoisotopic (exact) mass is 429 g/mol. The van der Waals surface area contributed by atoms with Crippen LogP contribution in [0.25, 0.3) is 0 Å². The molecule has 1 aliphatic rings. The molecule has 0 bridgehead atoms. The Kier molecular flexibility index (Phi) is 4.99. The number of anilines is 1. The van der Waals surface area contributed by atoms with E-state index in [2.05, 4.69) is 0 Å². The Morgan fingerprint density at radius 2 is 1.76 bits per heavy atom. The summed E-state index contributed by atoms with van der Waals surface area (Å²) in [4.78, 5) is 27.4. The Morgan fingerprint density at radius 1 is 1.07 bits per heavy atom. The van der Waals surface area contributed by atoms with Crippen LogP contribution in [0.15, 0.2) is 59.0 Å². The van der Waals surface area contributed by atoms with E-state index in [1.54, 1.807) is 55.5 Å². The second-order valence-corrected chi connectivity index (χ2v) is 7.79. The predicted octanol–water partition coefficient (Wildman–Crippen LogP) is 4.90. The summed E-state index contributed by atoms with van der Waals surface area (Å²) in [6.07, 6.45) is -0.428. The van der Waals surface area contributed by atoms with Gasteiger partial charge in [-0.25, -0.2) is 0 Å². The molecule has 0 aliphatic carbocycles. The van der Waals surface area contributed by atoms with E-state index < -0.39 is 23.7 Å². The zero-order chi connectivity index (χ0) is 20.8. The smallest absolute Gasteiger partial charge is 0.264 e. The zero-order valence-electron chi connectivity index (χ0n) is 15.5. The summed E-state index contributed by atoms with van der Waals surface area (Å²) in [6.45, 7) is 1.79. The molecule has 1 aliphatic heterocycles.